The van der Waals surface area contributed by atoms with Crippen molar-refractivity contribution in [1.82, 2.24) is 0 Å². The van der Waals surface area contributed by atoms with Crippen LogP contribution in [0.5, 0.6) is 11.5 Å². The molecule has 0 aliphatic carbocycles. The van der Waals surface area contributed by atoms with Gasteiger partial charge in [-0.1, -0.05) is 15.9 Å². The van der Waals surface area contributed by atoms with Crippen LogP contribution >= 0.6 is 15.9 Å². The fourth-order valence-electron chi connectivity index (χ4n) is 3.08. The van der Waals surface area contributed by atoms with Gasteiger partial charge in [-0.25, -0.2) is 0 Å². The maximum atomic E-state index is 9.39. The molecule has 0 saturated carbocycles. The highest BCUT2D eigenvalue weighted by atomic mass is 79.9. The molecule has 0 atom stereocenters. The summed E-state index contributed by atoms with van der Waals surface area (Å²) in [5.74, 6) is 1.28. The molecule has 0 bridgehead atoms. The molecule has 5 heteroatoms. The van der Waals surface area contributed by atoms with Crippen LogP contribution < -0.4 is 14.5 Å². The number of hydrogen-bond acceptors (Lipinski definition) is 3. The van der Waals surface area contributed by atoms with Crippen molar-refractivity contribution in [2.75, 3.05) is 38.2 Å². The van der Waals surface area contributed by atoms with Crippen LogP contribution in [0.2, 0.25) is 0 Å². The summed E-state index contributed by atoms with van der Waals surface area (Å²) >= 11 is 3.54. The van der Waals surface area contributed by atoms with E-state index in [4.69, 9.17) is 4.74 Å². The Bertz CT molecular complexity index is 653. The zero-order valence-corrected chi connectivity index (χ0v) is 14.8. The van der Waals surface area contributed by atoms with Gasteiger partial charge in [-0.3, -0.25) is 0 Å². The van der Waals surface area contributed by atoms with E-state index in [1.807, 2.05) is 24.3 Å². The number of benzene rings is 2. The van der Waals surface area contributed by atoms with E-state index < -0.39 is 0 Å². The highest BCUT2D eigenvalue weighted by Crippen LogP contribution is 2.22. The Kier molecular flexibility index (Phi) is 5.08. The predicted molar refractivity (Wildman–Crippen MR) is 95.4 cm³/mol. The minimum Gasteiger partial charge on any atom is -0.508 e. The van der Waals surface area contributed by atoms with Crippen LogP contribution in [-0.4, -0.2) is 38.4 Å². The number of aromatic hydroxyl groups is 1. The fourth-order valence-corrected chi connectivity index (χ4v) is 3.48. The molecule has 4 nitrogen and oxygen atoms in total. The summed E-state index contributed by atoms with van der Waals surface area (Å²) < 4.78 is 6.57. The molecule has 1 saturated heterocycles. The molecule has 1 fully saturated rings. The van der Waals surface area contributed by atoms with Gasteiger partial charge in [0.1, 0.15) is 18.0 Å². The molecule has 1 heterocycles. The van der Waals surface area contributed by atoms with Gasteiger partial charge in [-0.05, 0) is 42.5 Å². The standard InChI is InChI=1S/C18H21BrN2O2/c1-23-18-7-2-15(19)12-14(18)13-20-8-10-21(11-9-20)16-3-5-17(22)6-4-16/h2-7,12,22H,8-11,13H2,1H3/p+1. The van der Waals surface area contributed by atoms with Crippen LogP contribution in [0.15, 0.2) is 46.9 Å². The van der Waals surface area contributed by atoms with Crippen molar-refractivity contribution in [3.63, 3.8) is 0 Å². The number of anilines is 1. The van der Waals surface area contributed by atoms with Gasteiger partial charge in [-0.2, -0.15) is 0 Å². The Morgan fingerprint density at radius 1 is 1.13 bits per heavy atom. The van der Waals surface area contributed by atoms with E-state index in [1.54, 1.807) is 24.1 Å². The summed E-state index contributed by atoms with van der Waals surface area (Å²) in [5.41, 5.74) is 2.43. The summed E-state index contributed by atoms with van der Waals surface area (Å²) in [6.45, 7) is 5.21. The second kappa shape index (κ2) is 7.23. The number of rotatable bonds is 4. The Morgan fingerprint density at radius 2 is 1.83 bits per heavy atom. The van der Waals surface area contributed by atoms with Crippen molar-refractivity contribution < 1.29 is 14.7 Å². The van der Waals surface area contributed by atoms with Crippen LogP contribution in [0.25, 0.3) is 0 Å². The van der Waals surface area contributed by atoms with Crippen molar-refractivity contribution in [2.24, 2.45) is 0 Å². The van der Waals surface area contributed by atoms with Gasteiger partial charge in [0.15, 0.2) is 0 Å². The second-order valence-corrected chi connectivity index (χ2v) is 6.80. The number of hydrogen-bond donors (Lipinski definition) is 2. The molecule has 23 heavy (non-hydrogen) atoms. The molecular formula is C18H22BrN2O2+. The number of nitrogens with one attached hydrogen (secondary N) is 1. The monoisotopic (exact) mass is 377 g/mol. The van der Waals surface area contributed by atoms with Gasteiger partial charge in [0.25, 0.3) is 0 Å². The van der Waals surface area contributed by atoms with E-state index in [2.05, 4.69) is 26.9 Å². The summed E-state index contributed by atoms with van der Waals surface area (Å²) in [6.07, 6.45) is 0. The van der Waals surface area contributed by atoms with Gasteiger partial charge in [-0.15, -0.1) is 0 Å². The molecule has 0 amide bonds. The first-order chi connectivity index (χ1) is 11.2. The van der Waals surface area contributed by atoms with Crippen molar-refractivity contribution in [3.8, 4) is 11.5 Å². The lowest BCUT2D eigenvalue weighted by molar-refractivity contribution is -0.914. The minimum absolute atomic E-state index is 0.319. The van der Waals surface area contributed by atoms with Crippen molar-refractivity contribution in [1.29, 1.82) is 0 Å². The highest BCUT2D eigenvalue weighted by molar-refractivity contribution is 9.10. The van der Waals surface area contributed by atoms with Crippen LogP contribution in [0.1, 0.15) is 5.56 Å². The van der Waals surface area contributed by atoms with Gasteiger partial charge in [0, 0.05) is 15.7 Å². The van der Waals surface area contributed by atoms with Gasteiger partial charge >= 0.3 is 0 Å². The van der Waals surface area contributed by atoms with E-state index in [1.165, 1.54) is 11.3 Å². The molecule has 0 spiro atoms. The van der Waals surface area contributed by atoms with E-state index in [9.17, 15) is 5.11 Å². The lowest BCUT2D eigenvalue weighted by Crippen LogP contribution is -3.13. The second-order valence-electron chi connectivity index (χ2n) is 5.89. The minimum atomic E-state index is 0.319. The maximum absolute atomic E-state index is 9.39. The van der Waals surface area contributed by atoms with Gasteiger partial charge < -0.3 is 19.6 Å². The number of nitrogens with zero attached hydrogens (tertiary/aromatic N) is 1. The van der Waals surface area contributed by atoms with Crippen molar-refractivity contribution in [3.05, 3.63) is 52.5 Å². The van der Waals surface area contributed by atoms with Crippen LogP contribution in [0.4, 0.5) is 5.69 Å². The number of phenols is 1. The normalized spacial score (nSPS) is 15.7. The number of ether oxygens (including phenoxy) is 1. The number of piperazine rings is 1. The van der Waals surface area contributed by atoms with Crippen LogP contribution in [0.3, 0.4) is 0 Å². The SMILES string of the molecule is COc1ccc(Br)cc1C[NH+]1CCN(c2ccc(O)cc2)CC1. The fraction of sp³-hybridized carbons (Fsp3) is 0.333. The summed E-state index contributed by atoms with van der Waals surface area (Å²) in [7, 11) is 1.73. The molecule has 122 valence electrons. The quantitative estimate of drug-likeness (QED) is 0.856. The zero-order chi connectivity index (χ0) is 16.2. The summed E-state index contributed by atoms with van der Waals surface area (Å²) in [6, 6.07) is 13.7. The molecule has 2 N–H and O–H groups in total. The molecule has 0 aromatic heterocycles. The summed E-state index contributed by atoms with van der Waals surface area (Å²) in [5, 5.41) is 9.39. The first-order valence-electron chi connectivity index (χ1n) is 7.85. The molecule has 2 aromatic rings. The maximum Gasteiger partial charge on any atom is 0.127 e. The molecule has 3 rings (SSSR count). The van der Waals surface area contributed by atoms with Crippen LogP contribution in [-0.2, 0) is 6.54 Å². The van der Waals surface area contributed by atoms with Gasteiger partial charge in [0.2, 0.25) is 0 Å². The summed E-state index contributed by atoms with van der Waals surface area (Å²) in [4.78, 5) is 3.94. The number of phenolic OH excluding ortho intramolecular Hbond substituents is 1. The van der Waals surface area contributed by atoms with E-state index in [0.29, 0.717) is 5.75 Å². The molecule has 1 aliphatic rings. The molecule has 1 aliphatic heterocycles. The van der Waals surface area contributed by atoms with E-state index in [0.717, 1.165) is 42.9 Å². The smallest absolute Gasteiger partial charge is 0.127 e. The van der Waals surface area contributed by atoms with E-state index in [-0.39, 0.29) is 0 Å². The average molecular weight is 378 g/mol. The Balaban J connectivity index is 1.61. The van der Waals surface area contributed by atoms with Crippen molar-refractivity contribution >= 4 is 21.6 Å². The first kappa shape index (κ1) is 16.1. The Morgan fingerprint density at radius 3 is 2.48 bits per heavy atom. The van der Waals surface area contributed by atoms with Gasteiger partial charge in [0.05, 0.1) is 33.3 Å². The largest absolute Gasteiger partial charge is 0.508 e. The van der Waals surface area contributed by atoms with Crippen molar-refractivity contribution in [2.45, 2.75) is 6.54 Å². The van der Waals surface area contributed by atoms with Crippen LogP contribution in [0, 0.1) is 0 Å². The molecule has 2 aromatic carbocycles. The topological polar surface area (TPSA) is 37.1 Å². The third-order valence-corrected chi connectivity index (χ3v) is 4.86. The average Bonchev–Trinajstić information content (AvgIpc) is 2.57. The first-order valence-corrected chi connectivity index (χ1v) is 8.65. The number of quaternary nitrogens is 1. The Hall–Kier alpha value is -1.72. The highest BCUT2D eigenvalue weighted by Gasteiger charge is 2.21. The predicted octanol–water partition coefficient (Wildman–Crippen LogP) is 2.07. The molecule has 0 radical (unpaired) electrons. The molecular weight excluding hydrogens is 356 g/mol. The third-order valence-electron chi connectivity index (χ3n) is 4.37. The third kappa shape index (κ3) is 3.98. The molecule has 0 unspecified atom stereocenters. The number of halogens is 1. The zero-order valence-electron chi connectivity index (χ0n) is 13.3. The number of methoxy groups -OCH3 is 1. The van der Waals surface area contributed by atoms with E-state index >= 15 is 0 Å². The lowest BCUT2D eigenvalue weighted by atomic mass is 10.1. The Labute approximate surface area is 145 Å². The lowest BCUT2D eigenvalue weighted by Gasteiger charge is -2.34.